The summed E-state index contributed by atoms with van der Waals surface area (Å²) in [6.45, 7) is 13.6. The highest BCUT2D eigenvalue weighted by molar-refractivity contribution is 5.90. The van der Waals surface area contributed by atoms with Crippen LogP contribution in [0.15, 0.2) is 108 Å². The van der Waals surface area contributed by atoms with Crippen molar-refractivity contribution in [1.29, 1.82) is 0 Å². The second kappa shape index (κ2) is 17.5. The monoisotopic (exact) mass is 700 g/mol. The van der Waals surface area contributed by atoms with Crippen LogP contribution < -0.4 is 0 Å². The van der Waals surface area contributed by atoms with E-state index in [0.717, 1.165) is 11.1 Å². The van der Waals surface area contributed by atoms with Gasteiger partial charge in [-0.25, -0.2) is 9.59 Å². The fourth-order valence-electron chi connectivity index (χ4n) is 6.24. The number of esters is 5. The number of rotatable bonds is 10. The number of carbonyl (C=O) groups excluding carboxylic acids is 5. The molecule has 2 aromatic rings. The van der Waals surface area contributed by atoms with Gasteiger partial charge in [0.25, 0.3) is 6.29 Å². The molecule has 0 N–H and O–H groups in total. The molecular weight excluding hydrogens is 656 g/mol. The van der Waals surface area contributed by atoms with E-state index in [2.05, 4.69) is 6.58 Å². The normalized spacial score (nSPS) is 23.6. The topological polar surface area (TPSA) is 141 Å². The van der Waals surface area contributed by atoms with Crippen molar-refractivity contribution in [3.63, 3.8) is 0 Å². The minimum Gasteiger partial charge on any atom is -0.462 e. The lowest BCUT2D eigenvalue weighted by molar-refractivity contribution is -0.184. The molecule has 0 saturated heterocycles. The molecule has 2 aliphatic rings. The third-order valence-corrected chi connectivity index (χ3v) is 8.38. The molecule has 1 aliphatic carbocycles. The summed E-state index contributed by atoms with van der Waals surface area (Å²) in [5.41, 5.74) is 2.74. The van der Waals surface area contributed by atoms with Crippen molar-refractivity contribution in [2.24, 2.45) is 11.8 Å². The summed E-state index contributed by atoms with van der Waals surface area (Å²) in [6, 6.07) is 16.7. The van der Waals surface area contributed by atoms with Gasteiger partial charge in [0, 0.05) is 32.3 Å². The number of allylic oxidation sites excluding steroid dienone is 2. The molecule has 11 heteroatoms. The predicted octanol–water partition coefficient (Wildman–Crippen LogP) is 6.60. The summed E-state index contributed by atoms with van der Waals surface area (Å²) in [5, 5.41) is 0. The number of hydrogen-bond donors (Lipinski definition) is 0. The Hall–Kier alpha value is -5.45. The minimum atomic E-state index is -1.30. The zero-order valence-corrected chi connectivity index (χ0v) is 29.7. The average Bonchev–Trinajstić information content (AvgIpc) is 3.12. The molecule has 0 saturated carbocycles. The Morgan fingerprint density at radius 3 is 1.88 bits per heavy atom. The van der Waals surface area contributed by atoms with Crippen molar-refractivity contribution in [2.45, 2.75) is 85.1 Å². The second-order valence-electron chi connectivity index (χ2n) is 12.8. The SMILES string of the molecule is C=C1[C@@H]2[C@H](OC(C)=O)OC=C([C@H](OC(C)=O)[C@@H](C=C(C)C)OC(C)=O)[C@H]2CC/C(C)=C\[C@@H](OC(=O)c2ccccc2)[C@H]1OC(=O)c1ccccc1. The van der Waals surface area contributed by atoms with Crippen LogP contribution in [0.2, 0.25) is 0 Å². The van der Waals surface area contributed by atoms with Crippen molar-refractivity contribution in [2.75, 3.05) is 0 Å². The maximum Gasteiger partial charge on any atom is 0.338 e. The van der Waals surface area contributed by atoms with Crippen LogP contribution in [0, 0.1) is 11.8 Å². The quantitative estimate of drug-likeness (QED) is 0.150. The Bertz CT molecular complexity index is 1700. The molecule has 0 bridgehead atoms. The molecule has 51 heavy (non-hydrogen) atoms. The van der Waals surface area contributed by atoms with Crippen molar-refractivity contribution in [1.82, 2.24) is 0 Å². The van der Waals surface area contributed by atoms with E-state index in [-0.39, 0.29) is 16.7 Å². The highest BCUT2D eigenvalue weighted by atomic mass is 16.7. The molecule has 2 aromatic carbocycles. The molecule has 0 aromatic heterocycles. The van der Waals surface area contributed by atoms with Crippen molar-refractivity contribution >= 4 is 29.8 Å². The van der Waals surface area contributed by atoms with Gasteiger partial charge in [0.1, 0.15) is 0 Å². The van der Waals surface area contributed by atoms with E-state index in [0.29, 0.717) is 18.4 Å². The third kappa shape index (κ3) is 10.3. The number of carbonyl (C=O) groups is 5. The molecule has 270 valence electrons. The predicted molar refractivity (Wildman–Crippen MR) is 186 cm³/mol. The summed E-state index contributed by atoms with van der Waals surface area (Å²) in [5.74, 6) is -4.82. The number of hydrogen-bond acceptors (Lipinski definition) is 11. The van der Waals surface area contributed by atoms with Crippen LogP contribution in [0.5, 0.6) is 0 Å². The van der Waals surface area contributed by atoms with E-state index in [1.165, 1.54) is 27.0 Å². The van der Waals surface area contributed by atoms with Crippen LogP contribution in [0.1, 0.15) is 75.1 Å². The van der Waals surface area contributed by atoms with Gasteiger partial charge < -0.3 is 28.4 Å². The van der Waals surface area contributed by atoms with Crippen LogP contribution in [-0.2, 0) is 42.8 Å². The minimum absolute atomic E-state index is 0.214. The molecule has 0 amide bonds. The van der Waals surface area contributed by atoms with Gasteiger partial charge in [-0.3, -0.25) is 14.4 Å². The van der Waals surface area contributed by atoms with Gasteiger partial charge in [0.15, 0.2) is 24.4 Å². The lowest BCUT2D eigenvalue weighted by Gasteiger charge is -2.42. The zero-order valence-electron chi connectivity index (χ0n) is 29.7. The standard InChI is InChI=1S/C40H44O11/c1-23(2)20-33(47-26(5)41)37(48-27(6)42)32-22-46-40(49-28(7)43)35-25(4)36(51-39(45)30-16-12-9-13-17-30)34(21-24(3)18-19-31(32)35)50-38(44)29-14-10-8-11-15-29/h8-17,20-22,31,33-37,40H,4,18-19H2,1-3,5-7H3/b24-21-/t31-,33-,34-,35+,36+,37+,40+/m1/s1. The maximum absolute atomic E-state index is 13.7. The van der Waals surface area contributed by atoms with Crippen LogP contribution in [-0.4, -0.2) is 60.6 Å². The molecule has 1 aliphatic heterocycles. The number of ether oxygens (including phenoxy) is 6. The lowest BCUT2D eigenvalue weighted by Crippen LogP contribution is -2.47. The largest absolute Gasteiger partial charge is 0.462 e. The van der Waals surface area contributed by atoms with Crippen molar-refractivity contribution in [3.05, 3.63) is 119 Å². The molecule has 11 nitrogen and oxygen atoms in total. The van der Waals surface area contributed by atoms with E-state index < -0.39 is 72.4 Å². The Labute approximate surface area is 297 Å². The summed E-state index contributed by atoms with van der Waals surface area (Å²) < 4.78 is 35.5. The molecular formula is C40H44O11. The second-order valence-corrected chi connectivity index (χ2v) is 12.8. The van der Waals surface area contributed by atoms with E-state index >= 15 is 0 Å². The first-order valence-electron chi connectivity index (χ1n) is 16.6. The number of fused-ring (bicyclic) bond motifs is 1. The van der Waals surface area contributed by atoms with E-state index in [4.69, 9.17) is 28.4 Å². The van der Waals surface area contributed by atoms with E-state index in [9.17, 15) is 24.0 Å². The van der Waals surface area contributed by atoms with Gasteiger partial charge in [-0.1, -0.05) is 54.1 Å². The first kappa shape index (κ1) is 38.4. The molecule has 0 fully saturated rings. The lowest BCUT2D eigenvalue weighted by atomic mass is 9.73. The number of benzene rings is 2. The Balaban J connectivity index is 1.88. The first-order chi connectivity index (χ1) is 24.2. The van der Waals surface area contributed by atoms with E-state index in [1.54, 1.807) is 72.8 Å². The van der Waals surface area contributed by atoms with E-state index in [1.807, 2.05) is 20.8 Å². The molecule has 0 spiro atoms. The van der Waals surface area contributed by atoms with Crippen molar-refractivity contribution < 1.29 is 52.4 Å². The Morgan fingerprint density at radius 2 is 1.35 bits per heavy atom. The third-order valence-electron chi connectivity index (χ3n) is 8.38. The van der Waals surface area contributed by atoms with Crippen LogP contribution in [0.25, 0.3) is 0 Å². The first-order valence-corrected chi connectivity index (χ1v) is 16.6. The highest BCUT2D eigenvalue weighted by Gasteiger charge is 2.49. The van der Waals surface area contributed by atoms with Gasteiger partial charge in [-0.2, -0.15) is 0 Å². The van der Waals surface area contributed by atoms with Crippen LogP contribution in [0.3, 0.4) is 0 Å². The molecule has 0 unspecified atom stereocenters. The van der Waals surface area contributed by atoms with Crippen molar-refractivity contribution in [3.8, 4) is 0 Å². The molecule has 1 heterocycles. The Morgan fingerprint density at radius 1 is 0.784 bits per heavy atom. The average molecular weight is 701 g/mol. The molecule has 0 radical (unpaired) electrons. The summed E-state index contributed by atoms with van der Waals surface area (Å²) in [4.78, 5) is 64.4. The van der Waals surface area contributed by atoms with Gasteiger partial charge in [0.05, 0.1) is 23.3 Å². The smallest absolute Gasteiger partial charge is 0.338 e. The van der Waals surface area contributed by atoms with Crippen LogP contribution in [0.4, 0.5) is 0 Å². The maximum atomic E-state index is 13.7. The Kier molecular flexibility index (Phi) is 13.1. The molecule has 7 atom stereocenters. The van der Waals surface area contributed by atoms with Gasteiger partial charge in [-0.05, 0) is 75.6 Å². The summed E-state index contributed by atoms with van der Waals surface area (Å²) in [6.07, 6.45) is -0.383. The van der Waals surface area contributed by atoms with Gasteiger partial charge in [-0.15, -0.1) is 0 Å². The van der Waals surface area contributed by atoms with Gasteiger partial charge >= 0.3 is 29.8 Å². The summed E-state index contributed by atoms with van der Waals surface area (Å²) >= 11 is 0. The fraction of sp³-hybridized carbons (Fsp3) is 0.375. The zero-order chi connectivity index (χ0) is 37.2. The summed E-state index contributed by atoms with van der Waals surface area (Å²) in [7, 11) is 0. The molecule has 4 rings (SSSR count). The van der Waals surface area contributed by atoms with Gasteiger partial charge in [0.2, 0.25) is 0 Å². The highest BCUT2D eigenvalue weighted by Crippen LogP contribution is 2.45. The fourth-order valence-corrected chi connectivity index (χ4v) is 6.24. The van der Waals surface area contributed by atoms with Crippen LogP contribution >= 0.6 is 0 Å².